The smallest absolute Gasteiger partial charge is 0.243 e. The maximum atomic E-state index is 13.0. The zero-order chi connectivity index (χ0) is 17.6. The van der Waals surface area contributed by atoms with Gasteiger partial charge in [-0.05, 0) is 58.3 Å². The maximum absolute atomic E-state index is 13.0. The van der Waals surface area contributed by atoms with E-state index in [1.54, 1.807) is 18.3 Å². The van der Waals surface area contributed by atoms with Crippen LogP contribution >= 0.6 is 0 Å². The minimum absolute atomic E-state index is 0.282. The Bertz CT molecular complexity index is 729. The second-order valence-corrected chi connectivity index (χ2v) is 8.07. The third-order valence-electron chi connectivity index (χ3n) is 3.74. The Kier molecular flexibility index (Phi) is 6.48. The predicted octanol–water partition coefficient (Wildman–Crippen LogP) is 2.53. The molecule has 0 aliphatic rings. The van der Waals surface area contributed by atoms with Gasteiger partial charge in [0.15, 0.2) is 0 Å². The van der Waals surface area contributed by atoms with Crippen LogP contribution in [0.3, 0.4) is 0 Å². The van der Waals surface area contributed by atoms with Gasteiger partial charge < -0.3 is 4.90 Å². The lowest BCUT2D eigenvalue weighted by molar-refractivity contribution is 0.344. The molecule has 0 fully saturated rings. The van der Waals surface area contributed by atoms with E-state index in [0.29, 0.717) is 11.4 Å². The van der Waals surface area contributed by atoms with Crippen molar-refractivity contribution >= 4 is 10.0 Å². The summed E-state index contributed by atoms with van der Waals surface area (Å²) in [7, 11) is 0.428. The first-order chi connectivity index (χ1) is 11.4. The largest absolute Gasteiger partial charge is 0.309 e. The van der Waals surface area contributed by atoms with E-state index >= 15 is 0 Å². The first kappa shape index (κ1) is 18.6. The van der Waals surface area contributed by atoms with Gasteiger partial charge in [-0.2, -0.15) is 4.31 Å². The highest BCUT2D eigenvalue weighted by molar-refractivity contribution is 7.89. The number of hydrogen-bond acceptors (Lipinski definition) is 4. The Balaban J connectivity index is 2.24. The molecule has 6 heteroatoms. The van der Waals surface area contributed by atoms with Gasteiger partial charge in [0, 0.05) is 12.7 Å². The minimum atomic E-state index is -3.54. The molecule has 2 aromatic rings. The molecule has 24 heavy (non-hydrogen) atoms. The number of nitrogens with zero attached hydrogens (tertiary/aromatic N) is 3. The Morgan fingerprint density at radius 3 is 2.29 bits per heavy atom. The summed E-state index contributed by atoms with van der Waals surface area (Å²) in [6.45, 7) is 3.52. The van der Waals surface area contributed by atoms with Crippen molar-refractivity contribution < 1.29 is 8.42 Å². The quantitative estimate of drug-likeness (QED) is 0.736. The lowest BCUT2D eigenvalue weighted by atomic mass is 10.2. The third-order valence-corrected chi connectivity index (χ3v) is 5.60. The van der Waals surface area contributed by atoms with E-state index in [-0.39, 0.29) is 6.54 Å². The number of aromatic nitrogens is 1. The molecule has 0 unspecified atom stereocenters. The molecule has 0 N–H and O–H groups in total. The van der Waals surface area contributed by atoms with Crippen molar-refractivity contribution in [1.29, 1.82) is 0 Å². The zero-order valence-corrected chi connectivity index (χ0v) is 15.3. The molecule has 0 atom stereocenters. The molecule has 0 radical (unpaired) electrons. The molecule has 2 rings (SSSR count). The fourth-order valence-corrected chi connectivity index (χ4v) is 3.83. The summed E-state index contributed by atoms with van der Waals surface area (Å²) in [5.74, 6) is 0. The Hall–Kier alpha value is -1.76. The van der Waals surface area contributed by atoms with E-state index in [0.717, 1.165) is 24.2 Å². The lowest BCUT2D eigenvalue weighted by Crippen LogP contribution is -2.33. The van der Waals surface area contributed by atoms with E-state index in [4.69, 9.17) is 0 Å². The van der Waals surface area contributed by atoms with Crippen LogP contribution in [0.25, 0.3) is 0 Å². The Morgan fingerprint density at radius 1 is 1.00 bits per heavy atom. The Morgan fingerprint density at radius 2 is 1.71 bits per heavy atom. The number of rotatable bonds is 8. The van der Waals surface area contributed by atoms with Crippen LogP contribution in [0.5, 0.6) is 0 Å². The number of benzene rings is 1. The highest BCUT2D eigenvalue weighted by Crippen LogP contribution is 2.19. The van der Waals surface area contributed by atoms with E-state index in [1.165, 1.54) is 4.31 Å². The van der Waals surface area contributed by atoms with Crippen LogP contribution in [0, 0.1) is 6.92 Å². The first-order valence-corrected chi connectivity index (χ1v) is 9.45. The van der Waals surface area contributed by atoms with Gasteiger partial charge in [0.1, 0.15) is 0 Å². The van der Waals surface area contributed by atoms with Crippen LogP contribution in [0.2, 0.25) is 0 Å². The number of aryl methyl sites for hydroxylation is 1. The number of pyridine rings is 1. The normalized spacial score (nSPS) is 12.0. The summed E-state index contributed by atoms with van der Waals surface area (Å²) in [4.78, 5) is 6.65. The van der Waals surface area contributed by atoms with Crippen LogP contribution in [-0.4, -0.2) is 49.8 Å². The van der Waals surface area contributed by atoms with E-state index in [1.807, 2.05) is 51.4 Å². The summed E-state index contributed by atoms with van der Waals surface area (Å²) < 4.78 is 27.5. The molecule has 0 amide bonds. The molecular weight excluding hydrogens is 322 g/mol. The van der Waals surface area contributed by atoms with Gasteiger partial charge in [-0.3, -0.25) is 4.98 Å². The van der Waals surface area contributed by atoms with Crippen LogP contribution in [0.1, 0.15) is 17.7 Å². The molecule has 0 aliphatic carbocycles. The van der Waals surface area contributed by atoms with Crippen molar-refractivity contribution in [3.8, 4) is 0 Å². The summed E-state index contributed by atoms with van der Waals surface area (Å²) in [5, 5.41) is 0. The highest BCUT2D eigenvalue weighted by atomic mass is 32.2. The van der Waals surface area contributed by atoms with Gasteiger partial charge in [0.05, 0.1) is 17.1 Å². The Labute approximate surface area is 145 Å². The molecule has 0 saturated heterocycles. The van der Waals surface area contributed by atoms with Crippen molar-refractivity contribution in [2.75, 3.05) is 27.2 Å². The van der Waals surface area contributed by atoms with Crippen LogP contribution in [-0.2, 0) is 16.6 Å². The monoisotopic (exact) mass is 347 g/mol. The molecule has 1 aromatic heterocycles. The second kappa shape index (κ2) is 8.37. The molecule has 0 saturated carbocycles. The standard InChI is InChI=1S/C18H25N3O2S/c1-16-8-10-18(11-9-16)24(22,23)21(14-6-13-20(2)3)15-17-7-4-5-12-19-17/h4-5,7-12H,6,13-15H2,1-3H3. The van der Waals surface area contributed by atoms with Crippen LogP contribution in [0.15, 0.2) is 53.6 Å². The van der Waals surface area contributed by atoms with Gasteiger partial charge >= 0.3 is 0 Å². The summed E-state index contributed by atoms with van der Waals surface area (Å²) in [6, 6.07) is 12.5. The second-order valence-electron chi connectivity index (χ2n) is 6.13. The summed E-state index contributed by atoms with van der Waals surface area (Å²) in [5.41, 5.74) is 1.79. The van der Waals surface area contributed by atoms with Gasteiger partial charge in [-0.1, -0.05) is 23.8 Å². The molecule has 0 bridgehead atoms. The zero-order valence-electron chi connectivity index (χ0n) is 14.5. The van der Waals surface area contributed by atoms with E-state index < -0.39 is 10.0 Å². The van der Waals surface area contributed by atoms with Gasteiger partial charge in [0.2, 0.25) is 10.0 Å². The maximum Gasteiger partial charge on any atom is 0.243 e. The fraction of sp³-hybridized carbons (Fsp3) is 0.389. The van der Waals surface area contributed by atoms with Gasteiger partial charge in [-0.25, -0.2) is 8.42 Å². The highest BCUT2D eigenvalue weighted by Gasteiger charge is 2.24. The molecule has 130 valence electrons. The average Bonchev–Trinajstić information content (AvgIpc) is 2.55. The predicted molar refractivity (Wildman–Crippen MR) is 96.2 cm³/mol. The molecular formula is C18H25N3O2S. The first-order valence-electron chi connectivity index (χ1n) is 8.01. The SMILES string of the molecule is Cc1ccc(S(=O)(=O)N(CCCN(C)C)Cc2ccccn2)cc1. The topological polar surface area (TPSA) is 53.5 Å². The van der Waals surface area contributed by atoms with E-state index in [9.17, 15) is 8.42 Å². The average molecular weight is 347 g/mol. The molecule has 0 spiro atoms. The van der Waals surface area contributed by atoms with Crippen molar-refractivity contribution in [2.45, 2.75) is 24.8 Å². The fourth-order valence-electron chi connectivity index (χ4n) is 2.38. The van der Waals surface area contributed by atoms with Crippen LogP contribution < -0.4 is 0 Å². The molecule has 0 aliphatic heterocycles. The van der Waals surface area contributed by atoms with Gasteiger partial charge in [-0.15, -0.1) is 0 Å². The van der Waals surface area contributed by atoms with Gasteiger partial charge in [0.25, 0.3) is 0 Å². The third kappa shape index (κ3) is 5.12. The van der Waals surface area contributed by atoms with E-state index in [2.05, 4.69) is 9.88 Å². The minimum Gasteiger partial charge on any atom is -0.309 e. The van der Waals surface area contributed by atoms with Crippen LogP contribution in [0.4, 0.5) is 0 Å². The van der Waals surface area contributed by atoms with Crippen molar-refractivity contribution in [1.82, 2.24) is 14.2 Å². The molecule has 1 aromatic carbocycles. The summed E-state index contributed by atoms with van der Waals surface area (Å²) in [6.07, 6.45) is 2.46. The van der Waals surface area contributed by atoms with Crippen molar-refractivity contribution in [2.24, 2.45) is 0 Å². The van der Waals surface area contributed by atoms with Crippen molar-refractivity contribution in [3.63, 3.8) is 0 Å². The molecule has 1 heterocycles. The van der Waals surface area contributed by atoms with Crippen molar-refractivity contribution in [3.05, 3.63) is 59.9 Å². The molecule has 5 nitrogen and oxygen atoms in total. The number of sulfonamides is 1. The summed E-state index contributed by atoms with van der Waals surface area (Å²) >= 11 is 0. The number of hydrogen-bond donors (Lipinski definition) is 0. The lowest BCUT2D eigenvalue weighted by Gasteiger charge is -2.23.